The van der Waals surface area contributed by atoms with Crippen LogP contribution in [0.1, 0.15) is 32.4 Å². The fraction of sp³-hybridized carbons (Fsp3) is 0.583. The van der Waals surface area contributed by atoms with Gasteiger partial charge in [-0.2, -0.15) is 0 Å². The molecule has 0 fully saturated rings. The van der Waals surface area contributed by atoms with Crippen LogP contribution in [0.5, 0.6) is 0 Å². The van der Waals surface area contributed by atoms with Crippen molar-refractivity contribution in [1.82, 2.24) is 9.88 Å². The van der Waals surface area contributed by atoms with Crippen molar-refractivity contribution in [1.29, 1.82) is 0 Å². The normalized spacial score (nSPS) is 12.5. The first kappa shape index (κ1) is 11.8. The molecule has 0 aliphatic carbocycles. The number of hydrogen-bond acceptors (Lipinski definition) is 1. The SMILES string of the molecule is CCC(C)NC(=O)CCc1cccn1C. The predicted molar refractivity (Wildman–Crippen MR) is 61.6 cm³/mol. The fourth-order valence-electron chi connectivity index (χ4n) is 1.45. The Labute approximate surface area is 91.5 Å². The zero-order valence-electron chi connectivity index (χ0n) is 9.79. The number of hydrogen-bond donors (Lipinski definition) is 1. The quantitative estimate of drug-likeness (QED) is 0.787. The predicted octanol–water partition coefficient (Wildman–Crippen LogP) is 1.87. The highest BCUT2D eigenvalue weighted by Crippen LogP contribution is 2.03. The van der Waals surface area contributed by atoms with Crippen LogP contribution < -0.4 is 5.32 Å². The third kappa shape index (κ3) is 3.78. The Hall–Kier alpha value is -1.25. The van der Waals surface area contributed by atoms with Gasteiger partial charge in [0.2, 0.25) is 5.91 Å². The van der Waals surface area contributed by atoms with E-state index in [2.05, 4.69) is 22.9 Å². The van der Waals surface area contributed by atoms with E-state index >= 15 is 0 Å². The van der Waals surface area contributed by atoms with Gasteiger partial charge in [-0.1, -0.05) is 6.92 Å². The van der Waals surface area contributed by atoms with Gasteiger partial charge in [0, 0.05) is 31.4 Å². The number of rotatable bonds is 5. The van der Waals surface area contributed by atoms with Gasteiger partial charge in [-0.3, -0.25) is 4.79 Å². The average molecular weight is 208 g/mol. The molecule has 1 rings (SSSR count). The highest BCUT2D eigenvalue weighted by Gasteiger charge is 2.06. The molecule has 1 unspecified atom stereocenters. The van der Waals surface area contributed by atoms with E-state index in [1.807, 2.05) is 26.2 Å². The van der Waals surface area contributed by atoms with Crippen molar-refractivity contribution in [2.75, 3.05) is 0 Å². The lowest BCUT2D eigenvalue weighted by atomic mass is 10.2. The smallest absolute Gasteiger partial charge is 0.220 e. The molecule has 0 aliphatic rings. The molecular formula is C12H20N2O. The summed E-state index contributed by atoms with van der Waals surface area (Å²) in [5.74, 6) is 0.144. The molecule has 1 aromatic rings. The zero-order chi connectivity index (χ0) is 11.3. The first-order valence-corrected chi connectivity index (χ1v) is 5.53. The summed E-state index contributed by atoms with van der Waals surface area (Å²) in [6, 6.07) is 4.34. The number of carbonyl (C=O) groups is 1. The van der Waals surface area contributed by atoms with Gasteiger partial charge < -0.3 is 9.88 Å². The number of nitrogens with zero attached hydrogens (tertiary/aromatic N) is 1. The number of aryl methyl sites for hydroxylation is 2. The van der Waals surface area contributed by atoms with E-state index in [1.165, 1.54) is 5.69 Å². The summed E-state index contributed by atoms with van der Waals surface area (Å²) in [4.78, 5) is 11.5. The maximum Gasteiger partial charge on any atom is 0.220 e. The van der Waals surface area contributed by atoms with E-state index in [-0.39, 0.29) is 11.9 Å². The maximum atomic E-state index is 11.5. The molecule has 0 spiro atoms. The van der Waals surface area contributed by atoms with Crippen LogP contribution in [0.15, 0.2) is 18.3 Å². The van der Waals surface area contributed by atoms with Crippen LogP contribution in [0.25, 0.3) is 0 Å². The summed E-state index contributed by atoms with van der Waals surface area (Å²) in [7, 11) is 2.00. The molecule has 0 saturated heterocycles. The van der Waals surface area contributed by atoms with E-state index in [0.29, 0.717) is 6.42 Å². The van der Waals surface area contributed by atoms with Crippen LogP contribution in [-0.2, 0) is 18.3 Å². The summed E-state index contributed by atoms with van der Waals surface area (Å²) >= 11 is 0. The topological polar surface area (TPSA) is 34.0 Å². The molecule has 0 bridgehead atoms. The van der Waals surface area contributed by atoms with Gasteiger partial charge in [-0.25, -0.2) is 0 Å². The monoisotopic (exact) mass is 208 g/mol. The van der Waals surface area contributed by atoms with Crippen LogP contribution in [0.4, 0.5) is 0 Å². The van der Waals surface area contributed by atoms with Gasteiger partial charge in [0.05, 0.1) is 0 Å². The molecule has 3 heteroatoms. The number of aromatic nitrogens is 1. The third-order valence-electron chi connectivity index (χ3n) is 2.68. The van der Waals surface area contributed by atoms with Crippen LogP contribution in [-0.4, -0.2) is 16.5 Å². The van der Waals surface area contributed by atoms with Crippen LogP contribution in [0.3, 0.4) is 0 Å². The Balaban J connectivity index is 2.31. The Kier molecular flexibility index (Phi) is 4.40. The summed E-state index contributed by atoms with van der Waals surface area (Å²) in [5, 5.41) is 2.96. The molecule has 0 aliphatic heterocycles. The first-order valence-electron chi connectivity index (χ1n) is 5.53. The summed E-state index contributed by atoms with van der Waals surface area (Å²) in [6.07, 6.45) is 4.37. The standard InChI is InChI=1S/C12H20N2O/c1-4-10(2)13-12(15)8-7-11-6-5-9-14(11)3/h5-6,9-10H,4,7-8H2,1-3H3,(H,13,15). The van der Waals surface area contributed by atoms with Crippen molar-refractivity contribution in [3.63, 3.8) is 0 Å². The van der Waals surface area contributed by atoms with E-state index in [0.717, 1.165) is 12.8 Å². The number of nitrogens with one attached hydrogen (secondary N) is 1. The second kappa shape index (κ2) is 5.59. The van der Waals surface area contributed by atoms with Crippen molar-refractivity contribution >= 4 is 5.91 Å². The van der Waals surface area contributed by atoms with Gasteiger partial charge in [0.25, 0.3) is 0 Å². The molecule has 3 nitrogen and oxygen atoms in total. The molecule has 1 N–H and O–H groups in total. The third-order valence-corrected chi connectivity index (χ3v) is 2.68. The van der Waals surface area contributed by atoms with Gasteiger partial charge in [-0.15, -0.1) is 0 Å². The minimum atomic E-state index is 0.144. The summed E-state index contributed by atoms with van der Waals surface area (Å²) in [5.41, 5.74) is 1.20. The average Bonchev–Trinajstić information content (AvgIpc) is 2.61. The Bertz CT molecular complexity index is 317. The molecule has 15 heavy (non-hydrogen) atoms. The van der Waals surface area contributed by atoms with E-state index < -0.39 is 0 Å². The van der Waals surface area contributed by atoms with Crippen molar-refractivity contribution < 1.29 is 4.79 Å². The van der Waals surface area contributed by atoms with E-state index in [9.17, 15) is 4.79 Å². The molecule has 0 saturated carbocycles. The van der Waals surface area contributed by atoms with Crippen molar-refractivity contribution in [3.8, 4) is 0 Å². The zero-order valence-corrected chi connectivity index (χ0v) is 9.79. The number of carbonyl (C=O) groups excluding carboxylic acids is 1. The molecule has 1 aromatic heterocycles. The van der Waals surface area contributed by atoms with E-state index in [1.54, 1.807) is 0 Å². The lowest BCUT2D eigenvalue weighted by molar-refractivity contribution is -0.121. The molecule has 0 radical (unpaired) electrons. The molecular weight excluding hydrogens is 188 g/mol. The molecule has 84 valence electrons. The lowest BCUT2D eigenvalue weighted by Gasteiger charge is -2.11. The second-order valence-corrected chi connectivity index (χ2v) is 3.99. The summed E-state index contributed by atoms with van der Waals surface area (Å²) < 4.78 is 2.05. The minimum Gasteiger partial charge on any atom is -0.354 e. The Morgan fingerprint density at radius 1 is 1.60 bits per heavy atom. The van der Waals surface area contributed by atoms with Gasteiger partial charge in [0.1, 0.15) is 0 Å². The number of amides is 1. The van der Waals surface area contributed by atoms with Crippen LogP contribution in [0.2, 0.25) is 0 Å². The highest BCUT2D eigenvalue weighted by molar-refractivity contribution is 5.76. The second-order valence-electron chi connectivity index (χ2n) is 3.99. The van der Waals surface area contributed by atoms with Crippen LogP contribution in [0, 0.1) is 0 Å². The first-order chi connectivity index (χ1) is 7.13. The van der Waals surface area contributed by atoms with Crippen molar-refractivity contribution in [2.24, 2.45) is 7.05 Å². The van der Waals surface area contributed by atoms with Gasteiger partial charge in [0.15, 0.2) is 0 Å². The molecule has 0 aromatic carbocycles. The van der Waals surface area contributed by atoms with Crippen molar-refractivity contribution in [2.45, 2.75) is 39.2 Å². The largest absolute Gasteiger partial charge is 0.354 e. The highest BCUT2D eigenvalue weighted by atomic mass is 16.1. The van der Waals surface area contributed by atoms with Crippen molar-refractivity contribution in [3.05, 3.63) is 24.0 Å². The van der Waals surface area contributed by atoms with Gasteiger partial charge >= 0.3 is 0 Å². The Morgan fingerprint density at radius 2 is 2.33 bits per heavy atom. The maximum absolute atomic E-state index is 11.5. The lowest BCUT2D eigenvalue weighted by Crippen LogP contribution is -2.32. The summed E-state index contributed by atoms with van der Waals surface area (Å²) in [6.45, 7) is 4.10. The van der Waals surface area contributed by atoms with Crippen LogP contribution >= 0.6 is 0 Å². The molecule has 1 atom stereocenters. The van der Waals surface area contributed by atoms with E-state index in [4.69, 9.17) is 0 Å². The molecule has 1 heterocycles. The Morgan fingerprint density at radius 3 is 2.87 bits per heavy atom. The molecule has 1 amide bonds. The van der Waals surface area contributed by atoms with Gasteiger partial charge in [-0.05, 0) is 31.9 Å². The minimum absolute atomic E-state index is 0.144. The fourth-order valence-corrected chi connectivity index (χ4v) is 1.45.